The third kappa shape index (κ3) is 1.99. The molecule has 0 unspecified atom stereocenters. The van der Waals surface area contributed by atoms with Crippen LogP contribution in [0.25, 0.3) is 0 Å². The summed E-state index contributed by atoms with van der Waals surface area (Å²) in [5.74, 6) is -0.746. The fraction of sp³-hybridized carbons (Fsp3) is 0.889. The number of rotatable bonds is 2. The summed E-state index contributed by atoms with van der Waals surface area (Å²) in [5, 5.41) is 11.5. The zero-order valence-corrected chi connectivity index (χ0v) is 9.17. The third-order valence-electron chi connectivity index (χ3n) is 2.61. The van der Waals surface area contributed by atoms with Gasteiger partial charge in [-0.25, -0.2) is 4.79 Å². The molecular formula is C9H16N2O5. The minimum Gasteiger partial charge on any atom is -0.394 e. The topological polar surface area (TPSA) is 103 Å². The normalized spacial score (nSPS) is 40.7. The van der Waals surface area contributed by atoms with Gasteiger partial charge in [0.2, 0.25) is 0 Å². The number of urea groups is 1. The lowest BCUT2D eigenvalue weighted by atomic mass is 10.1. The fourth-order valence-corrected chi connectivity index (χ4v) is 2.09. The Balaban J connectivity index is 2.11. The summed E-state index contributed by atoms with van der Waals surface area (Å²) in [6.07, 6.45) is -2.03. The van der Waals surface area contributed by atoms with Crippen LogP contribution in [0.5, 0.6) is 0 Å². The van der Waals surface area contributed by atoms with Crippen molar-refractivity contribution in [3.8, 4) is 0 Å². The molecule has 7 heteroatoms. The minimum absolute atomic E-state index is 0.197. The Hall–Kier alpha value is -0.890. The second kappa shape index (κ2) is 3.85. The van der Waals surface area contributed by atoms with Gasteiger partial charge in [-0.1, -0.05) is 0 Å². The van der Waals surface area contributed by atoms with Gasteiger partial charge in [-0.3, -0.25) is 0 Å². The van der Waals surface area contributed by atoms with Crippen LogP contribution >= 0.6 is 0 Å². The SMILES string of the molecule is CC1(C)O[C@@H]2[C@H](O1)[C@@H](CO)O[C@H]2NC(N)=O. The first-order valence-electron chi connectivity index (χ1n) is 5.11. The van der Waals surface area contributed by atoms with Gasteiger partial charge in [0.05, 0.1) is 6.61 Å². The number of aliphatic hydroxyl groups is 1. The van der Waals surface area contributed by atoms with Crippen molar-refractivity contribution < 1.29 is 24.1 Å². The largest absolute Gasteiger partial charge is 0.394 e. The van der Waals surface area contributed by atoms with Crippen LogP contribution in [0.3, 0.4) is 0 Å². The average molecular weight is 232 g/mol. The molecule has 0 aromatic heterocycles. The highest BCUT2D eigenvalue weighted by atomic mass is 16.8. The van der Waals surface area contributed by atoms with Crippen molar-refractivity contribution in [3.05, 3.63) is 0 Å². The Morgan fingerprint density at radius 3 is 2.62 bits per heavy atom. The molecule has 7 nitrogen and oxygen atoms in total. The first-order chi connectivity index (χ1) is 7.43. The molecule has 2 aliphatic heterocycles. The van der Waals surface area contributed by atoms with Crippen LogP contribution in [0.15, 0.2) is 0 Å². The number of primary amides is 1. The van der Waals surface area contributed by atoms with Crippen molar-refractivity contribution >= 4 is 6.03 Å². The summed E-state index contributed by atoms with van der Waals surface area (Å²) >= 11 is 0. The number of nitrogens with two attached hydrogens (primary N) is 1. The van der Waals surface area contributed by atoms with Crippen LogP contribution in [-0.4, -0.2) is 48.1 Å². The van der Waals surface area contributed by atoms with Crippen molar-refractivity contribution in [1.82, 2.24) is 5.32 Å². The molecule has 2 saturated heterocycles. The van der Waals surface area contributed by atoms with Crippen LogP contribution in [-0.2, 0) is 14.2 Å². The molecular weight excluding hydrogens is 216 g/mol. The molecule has 2 aliphatic rings. The van der Waals surface area contributed by atoms with E-state index in [4.69, 9.17) is 25.1 Å². The van der Waals surface area contributed by atoms with Crippen molar-refractivity contribution in [2.45, 2.75) is 44.2 Å². The summed E-state index contributed by atoms with van der Waals surface area (Å²) < 4.78 is 16.5. The van der Waals surface area contributed by atoms with Crippen LogP contribution in [0, 0.1) is 0 Å². The molecule has 0 aromatic rings. The molecule has 2 heterocycles. The molecule has 2 amide bonds. The molecule has 2 rings (SSSR count). The highest BCUT2D eigenvalue weighted by Gasteiger charge is 2.55. The van der Waals surface area contributed by atoms with Crippen LogP contribution in [0.1, 0.15) is 13.8 Å². The van der Waals surface area contributed by atoms with E-state index in [2.05, 4.69) is 5.32 Å². The van der Waals surface area contributed by atoms with Gasteiger partial charge in [-0.2, -0.15) is 0 Å². The third-order valence-corrected chi connectivity index (χ3v) is 2.61. The second-order valence-electron chi connectivity index (χ2n) is 4.35. The van der Waals surface area contributed by atoms with Gasteiger partial charge in [0.1, 0.15) is 18.3 Å². The summed E-state index contributed by atoms with van der Waals surface area (Å²) in [7, 11) is 0. The maximum atomic E-state index is 10.8. The summed E-state index contributed by atoms with van der Waals surface area (Å²) in [6, 6.07) is -0.698. The number of carbonyl (C=O) groups is 1. The lowest BCUT2D eigenvalue weighted by Crippen LogP contribution is -2.46. The maximum Gasteiger partial charge on any atom is 0.314 e. The second-order valence-corrected chi connectivity index (χ2v) is 4.35. The van der Waals surface area contributed by atoms with Gasteiger partial charge < -0.3 is 30.4 Å². The van der Waals surface area contributed by atoms with Crippen LogP contribution in [0.2, 0.25) is 0 Å². The lowest BCUT2D eigenvalue weighted by molar-refractivity contribution is -0.192. The summed E-state index contributed by atoms with van der Waals surface area (Å²) in [4.78, 5) is 10.8. The first-order valence-corrected chi connectivity index (χ1v) is 5.11. The Morgan fingerprint density at radius 2 is 2.06 bits per heavy atom. The van der Waals surface area contributed by atoms with E-state index in [0.29, 0.717) is 0 Å². The molecule has 2 fully saturated rings. The van der Waals surface area contributed by atoms with Crippen molar-refractivity contribution in [3.63, 3.8) is 0 Å². The number of aliphatic hydroxyl groups excluding tert-OH is 1. The van der Waals surface area contributed by atoms with E-state index in [9.17, 15) is 4.79 Å². The standard InChI is InChI=1S/C9H16N2O5/c1-9(2)15-5-4(3-12)14-7(6(5)16-9)11-8(10)13/h4-7,12H,3H2,1-2H3,(H3,10,11,13)/t4-,5-,6-,7-/m1/s1. The van der Waals surface area contributed by atoms with E-state index in [-0.39, 0.29) is 6.61 Å². The molecule has 92 valence electrons. The van der Waals surface area contributed by atoms with Crippen LogP contribution < -0.4 is 11.1 Å². The molecule has 0 saturated carbocycles. The van der Waals surface area contributed by atoms with Gasteiger partial charge in [0.15, 0.2) is 12.0 Å². The predicted molar refractivity (Wildman–Crippen MR) is 52.3 cm³/mol. The first kappa shape index (κ1) is 11.6. The molecule has 4 N–H and O–H groups in total. The summed E-state index contributed by atoms with van der Waals surface area (Å²) in [6.45, 7) is 3.33. The monoisotopic (exact) mass is 232 g/mol. The van der Waals surface area contributed by atoms with Gasteiger partial charge in [-0.15, -0.1) is 0 Å². The zero-order valence-electron chi connectivity index (χ0n) is 9.17. The highest BCUT2D eigenvalue weighted by Crippen LogP contribution is 2.37. The Bertz CT molecular complexity index is 296. The molecule has 4 atom stereocenters. The van der Waals surface area contributed by atoms with E-state index < -0.39 is 36.4 Å². The van der Waals surface area contributed by atoms with Gasteiger partial charge in [0, 0.05) is 0 Å². The van der Waals surface area contributed by atoms with Crippen molar-refractivity contribution in [1.29, 1.82) is 0 Å². The number of amides is 2. The van der Waals surface area contributed by atoms with Crippen molar-refractivity contribution in [2.24, 2.45) is 5.73 Å². The molecule has 16 heavy (non-hydrogen) atoms. The Labute approximate surface area is 92.8 Å². The summed E-state index contributed by atoms with van der Waals surface area (Å²) in [5.41, 5.74) is 5.02. The Morgan fingerprint density at radius 1 is 1.44 bits per heavy atom. The van der Waals surface area contributed by atoms with E-state index in [1.807, 2.05) is 0 Å². The average Bonchev–Trinajstić information content (AvgIpc) is 2.60. The van der Waals surface area contributed by atoms with Gasteiger partial charge in [0.25, 0.3) is 0 Å². The fourth-order valence-electron chi connectivity index (χ4n) is 2.09. The number of hydrogen-bond donors (Lipinski definition) is 3. The quantitative estimate of drug-likeness (QED) is 0.560. The van der Waals surface area contributed by atoms with E-state index in [1.54, 1.807) is 13.8 Å². The highest BCUT2D eigenvalue weighted by molar-refractivity contribution is 5.71. The molecule has 0 radical (unpaired) electrons. The maximum absolute atomic E-state index is 10.8. The molecule has 0 spiro atoms. The smallest absolute Gasteiger partial charge is 0.314 e. The zero-order chi connectivity index (χ0) is 11.9. The van der Waals surface area contributed by atoms with E-state index in [0.717, 1.165) is 0 Å². The Kier molecular flexibility index (Phi) is 2.79. The molecule has 0 aliphatic carbocycles. The number of hydrogen-bond acceptors (Lipinski definition) is 5. The number of ether oxygens (including phenoxy) is 3. The molecule has 0 aromatic carbocycles. The number of nitrogens with one attached hydrogen (secondary N) is 1. The number of carbonyl (C=O) groups excluding carboxylic acids is 1. The van der Waals surface area contributed by atoms with E-state index >= 15 is 0 Å². The minimum atomic E-state index is -0.746. The van der Waals surface area contributed by atoms with Gasteiger partial charge in [-0.05, 0) is 13.8 Å². The molecule has 0 bridgehead atoms. The number of fused-ring (bicyclic) bond motifs is 1. The lowest BCUT2D eigenvalue weighted by Gasteiger charge is -2.23. The predicted octanol–water partition coefficient (Wildman–Crippen LogP) is -1.11. The van der Waals surface area contributed by atoms with Crippen molar-refractivity contribution in [2.75, 3.05) is 6.61 Å². The van der Waals surface area contributed by atoms with Crippen LogP contribution in [0.4, 0.5) is 4.79 Å². The van der Waals surface area contributed by atoms with E-state index in [1.165, 1.54) is 0 Å². The van der Waals surface area contributed by atoms with Gasteiger partial charge >= 0.3 is 6.03 Å².